The van der Waals surface area contributed by atoms with Crippen molar-refractivity contribution in [2.75, 3.05) is 0 Å². The maximum Gasteiger partial charge on any atom is 0.347 e. The third-order valence-electron chi connectivity index (χ3n) is 5.09. The van der Waals surface area contributed by atoms with Gasteiger partial charge >= 0.3 is 5.69 Å². The number of nitrogens with zero attached hydrogens (tertiary/aromatic N) is 2. The molecule has 0 atom stereocenters. The second kappa shape index (κ2) is 9.15. The quantitative estimate of drug-likeness (QED) is 0.802. The van der Waals surface area contributed by atoms with E-state index in [0.29, 0.717) is 18.5 Å². The molecule has 3 rings (SSSR count). The summed E-state index contributed by atoms with van der Waals surface area (Å²) in [5.74, 6) is -1.27. The normalized spacial score (nSPS) is 19.0. The van der Waals surface area contributed by atoms with Gasteiger partial charge in [-0.1, -0.05) is 0 Å². The predicted octanol–water partition coefficient (Wildman–Crippen LogP) is 3.03. The highest BCUT2D eigenvalue weighted by atomic mass is 19.1. The van der Waals surface area contributed by atoms with E-state index in [1.54, 1.807) is 6.92 Å². The third-order valence-corrected chi connectivity index (χ3v) is 5.09. The number of amides is 1. The van der Waals surface area contributed by atoms with Crippen LogP contribution >= 0.6 is 0 Å². The summed E-state index contributed by atoms with van der Waals surface area (Å²) < 4.78 is 33.7. The van der Waals surface area contributed by atoms with Gasteiger partial charge in [-0.05, 0) is 45.6 Å². The van der Waals surface area contributed by atoms with Gasteiger partial charge in [0.2, 0.25) is 5.91 Å². The molecule has 0 radical (unpaired) electrons. The van der Waals surface area contributed by atoms with Crippen molar-refractivity contribution < 1.29 is 18.3 Å². The minimum atomic E-state index is -0.668. The van der Waals surface area contributed by atoms with Crippen LogP contribution in [-0.2, 0) is 11.3 Å². The van der Waals surface area contributed by atoms with Crippen LogP contribution in [0.1, 0.15) is 43.5 Å². The largest absolute Gasteiger partial charge is 0.490 e. The molecule has 1 fully saturated rings. The lowest BCUT2D eigenvalue weighted by Crippen LogP contribution is -2.40. The summed E-state index contributed by atoms with van der Waals surface area (Å²) in [6.07, 6.45) is 2.88. The summed E-state index contributed by atoms with van der Waals surface area (Å²) >= 11 is 0. The first-order valence-corrected chi connectivity index (χ1v) is 9.77. The molecule has 29 heavy (non-hydrogen) atoms. The van der Waals surface area contributed by atoms with Crippen LogP contribution in [0.5, 0.6) is 5.75 Å². The predicted molar refractivity (Wildman–Crippen MR) is 104 cm³/mol. The molecule has 156 valence electrons. The highest BCUT2D eigenvalue weighted by Gasteiger charge is 2.24. The van der Waals surface area contributed by atoms with Gasteiger partial charge in [0.15, 0.2) is 0 Å². The van der Waals surface area contributed by atoms with Gasteiger partial charge in [-0.25, -0.2) is 13.6 Å². The second-order valence-corrected chi connectivity index (χ2v) is 7.49. The van der Waals surface area contributed by atoms with Crippen molar-refractivity contribution in [3.63, 3.8) is 0 Å². The molecule has 0 spiro atoms. The number of benzene rings is 1. The maximum atomic E-state index is 13.3. The molecule has 1 aromatic carbocycles. The molecule has 0 aliphatic heterocycles. The van der Waals surface area contributed by atoms with E-state index >= 15 is 0 Å². The zero-order valence-corrected chi connectivity index (χ0v) is 16.6. The lowest BCUT2D eigenvalue weighted by atomic mass is 9.93. The van der Waals surface area contributed by atoms with Crippen LogP contribution in [0.2, 0.25) is 0 Å². The smallest absolute Gasteiger partial charge is 0.347 e. The number of ether oxygens (including phenoxy) is 1. The fourth-order valence-electron chi connectivity index (χ4n) is 3.67. The summed E-state index contributed by atoms with van der Waals surface area (Å²) in [7, 11) is 0. The Morgan fingerprint density at radius 2 is 1.79 bits per heavy atom. The Labute approximate surface area is 167 Å². The molecule has 1 heterocycles. The number of aromatic nitrogens is 2. The minimum Gasteiger partial charge on any atom is -0.490 e. The van der Waals surface area contributed by atoms with E-state index in [2.05, 4.69) is 10.3 Å². The Balaban J connectivity index is 1.44. The van der Waals surface area contributed by atoms with Gasteiger partial charge in [-0.2, -0.15) is 4.98 Å². The van der Waals surface area contributed by atoms with Crippen molar-refractivity contribution in [2.45, 2.75) is 64.6 Å². The first-order chi connectivity index (χ1) is 13.8. The van der Waals surface area contributed by atoms with Crippen LogP contribution in [0.4, 0.5) is 8.78 Å². The van der Waals surface area contributed by atoms with E-state index < -0.39 is 11.6 Å². The molecule has 6 nitrogen and oxygen atoms in total. The van der Waals surface area contributed by atoms with Gasteiger partial charge in [0.1, 0.15) is 17.4 Å². The monoisotopic (exact) mass is 405 g/mol. The molecule has 1 saturated carbocycles. The van der Waals surface area contributed by atoms with E-state index in [1.807, 2.05) is 13.0 Å². The first-order valence-electron chi connectivity index (χ1n) is 9.77. The van der Waals surface area contributed by atoms with Crippen LogP contribution in [0, 0.1) is 25.5 Å². The van der Waals surface area contributed by atoms with Crippen molar-refractivity contribution in [1.82, 2.24) is 14.9 Å². The average molecular weight is 405 g/mol. The Morgan fingerprint density at radius 1 is 1.14 bits per heavy atom. The van der Waals surface area contributed by atoms with E-state index in [0.717, 1.165) is 24.6 Å². The van der Waals surface area contributed by atoms with E-state index in [1.165, 1.54) is 16.7 Å². The van der Waals surface area contributed by atoms with Crippen molar-refractivity contribution in [3.8, 4) is 5.75 Å². The first kappa shape index (κ1) is 21.0. The fourth-order valence-corrected chi connectivity index (χ4v) is 3.67. The highest BCUT2D eigenvalue weighted by Crippen LogP contribution is 2.25. The number of halogens is 2. The zero-order valence-electron chi connectivity index (χ0n) is 16.6. The van der Waals surface area contributed by atoms with Crippen LogP contribution < -0.4 is 15.7 Å². The molecule has 0 bridgehead atoms. The molecule has 1 aliphatic carbocycles. The molecular weight excluding hydrogens is 380 g/mol. The number of carbonyl (C=O) groups excluding carboxylic acids is 1. The summed E-state index contributed by atoms with van der Waals surface area (Å²) in [5.41, 5.74) is 1.09. The van der Waals surface area contributed by atoms with Crippen LogP contribution in [-0.4, -0.2) is 27.6 Å². The van der Waals surface area contributed by atoms with Crippen molar-refractivity contribution >= 4 is 5.91 Å². The maximum absolute atomic E-state index is 13.3. The molecule has 0 unspecified atom stereocenters. The number of rotatable bonds is 6. The van der Waals surface area contributed by atoms with Gasteiger partial charge in [-0.3, -0.25) is 9.36 Å². The Hall–Kier alpha value is -2.77. The van der Waals surface area contributed by atoms with E-state index in [9.17, 15) is 18.4 Å². The lowest BCUT2D eigenvalue weighted by Gasteiger charge is -2.29. The Kier molecular flexibility index (Phi) is 6.61. The van der Waals surface area contributed by atoms with Crippen LogP contribution in [0.3, 0.4) is 0 Å². The Bertz CT molecular complexity index is 917. The van der Waals surface area contributed by atoms with Crippen molar-refractivity contribution in [3.05, 3.63) is 57.8 Å². The summed E-state index contributed by atoms with van der Waals surface area (Å²) in [5, 5.41) is 2.99. The minimum absolute atomic E-state index is 0.0283. The molecule has 8 heteroatoms. The van der Waals surface area contributed by atoms with Gasteiger partial charge in [0.25, 0.3) is 0 Å². The summed E-state index contributed by atoms with van der Waals surface area (Å²) in [4.78, 5) is 28.1. The lowest BCUT2D eigenvalue weighted by molar-refractivity contribution is -0.122. The number of carbonyl (C=O) groups is 1. The number of hydrogen-bond donors (Lipinski definition) is 1. The van der Waals surface area contributed by atoms with Gasteiger partial charge in [0.05, 0.1) is 6.10 Å². The number of hydrogen-bond acceptors (Lipinski definition) is 4. The molecule has 0 saturated heterocycles. The van der Waals surface area contributed by atoms with E-state index in [-0.39, 0.29) is 42.5 Å². The third kappa shape index (κ3) is 5.85. The molecule has 1 N–H and O–H groups in total. The van der Waals surface area contributed by atoms with Gasteiger partial charge in [0, 0.05) is 48.6 Å². The molecule has 1 amide bonds. The second-order valence-electron chi connectivity index (χ2n) is 7.49. The molecule has 1 aliphatic rings. The summed E-state index contributed by atoms with van der Waals surface area (Å²) in [6.45, 7) is 3.86. The Morgan fingerprint density at radius 3 is 2.41 bits per heavy atom. The van der Waals surface area contributed by atoms with E-state index in [4.69, 9.17) is 4.74 Å². The standard InChI is InChI=1S/C21H25F2N3O3/c1-13-9-14(2)26(21(28)24-13)8-7-20(27)25-17-3-5-18(6-4-17)29-19-11-15(22)10-16(23)12-19/h9-12,17-18H,3-8H2,1-2H3,(H,25,27). The summed E-state index contributed by atoms with van der Waals surface area (Å²) in [6, 6.07) is 4.98. The molecule has 2 aromatic rings. The topological polar surface area (TPSA) is 73.2 Å². The van der Waals surface area contributed by atoms with Crippen LogP contribution in [0.25, 0.3) is 0 Å². The van der Waals surface area contributed by atoms with Crippen molar-refractivity contribution in [2.24, 2.45) is 0 Å². The van der Waals surface area contributed by atoms with Crippen LogP contribution in [0.15, 0.2) is 29.1 Å². The zero-order chi connectivity index (χ0) is 21.0. The molecular formula is C21H25F2N3O3. The number of aryl methyl sites for hydroxylation is 2. The SMILES string of the molecule is Cc1cc(C)n(CCC(=O)NC2CCC(Oc3cc(F)cc(F)c3)CC2)c(=O)n1. The van der Waals surface area contributed by atoms with Gasteiger partial charge in [-0.15, -0.1) is 0 Å². The molecule has 1 aromatic heterocycles. The highest BCUT2D eigenvalue weighted by molar-refractivity contribution is 5.76. The average Bonchev–Trinajstić information content (AvgIpc) is 2.61. The fraction of sp³-hybridized carbons (Fsp3) is 0.476. The van der Waals surface area contributed by atoms with Gasteiger partial charge < -0.3 is 10.1 Å². The van der Waals surface area contributed by atoms with Crippen molar-refractivity contribution in [1.29, 1.82) is 0 Å². The number of nitrogens with one attached hydrogen (secondary N) is 1.